The number of hydrogen-bond donors (Lipinski definition) is 1. The molecule has 1 aromatic carbocycles. The number of benzene rings is 1. The molecule has 8 heteroatoms. The number of nitro benzene ring substituents is 1. The largest absolute Gasteiger partial charge is 0.424 e. The Labute approximate surface area is 143 Å². The van der Waals surface area contributed by atoms with Crippen LogP contribution in [0, 0.1) is 27.4 Å². The topological polar surface area (TPSA) is 105 Å². The summed E-state index contributed by atoms with van der Waals surface area (Å²) in [7, 11) is 0. The van der Waals surface area contributed by atoms with E-state index in [2.05, 4.69) is 23.3 Å². The lowest BCUT2D eigenvalue weighted by Gasteiger charge is -2.03. The molecule has 2 unspecified atom stereocenters. The Balaban J connectivity index is 1.50. The zero-order chi connectivity index (χ0) is 17.1. The molecule has 1 N–H and O–H groups in total. The van der Waals surface area contributed by atoms with Crippen LogP contribution in [0.5, 0.6) is 0 Å². The van der Waals surface area contributed by atoms with Crippen LogP contribution in [0.15, 0.2) is 33.6 Å². The van der Waals surface area contributed by atoms with Gasteiger partial charge in [-0.2, -0.15) is 5.26 Å². The predicted molar refractivity (Wildman–Crippen MR) is 90.1 cm³/mol. The molecule has 7 nitrogen and oxygen atoms in total. The summed E-state index contributed by atoms with van der Waals surface area (Å²) in [4.78, 5) is 15.4. The Morgan fingerprint density at radius 2 is 2.21 bits per heavy atom. The van der Waals surface area contributed by atoms with E-state index in [0.29, 0.717) is 35.8 Å². The Bertz CT molecular complexity index is 782. The molecule has 1 aliphatic rings. The van der Waals surface area contributed by atoms with Gasteiger partial charge in [-0.25, -0.2) is 4.98 Å². The van der Waals surface area contributed by atoms with Gasteiger partial charge in [0, 0.05) is 35.2 Å². The number of thioether (sulfide) groups is 1. The van der Waals surface area contributed by atoms with Crippen molar-refractivity contribution in [3.05, 3.63) is 46.0 Å². The first-order valence-corrected chi connectivity index (χ1v) is 8.59. The van der Waals surface area contributed by atoms with Crippen molar-refractivity contribution < 1.29 is 9.34 Å². The monoisotopic (exact) mass is 344 g/mol. The van der Waals surface area contributed by atoms with E-state index in [9.17, 15) is 10.1 Å². The van der Waals surface area contributed by atoms with Crippen LogP contribution in [0.25, 0.3) is 0 Å². The summed E-state index contributed by atoms with van der Waals surface area (Å²) < 4.78 is 5.67. The van der Waals surface area contributed by atoms with Gasteiger partial charge < -0.3 is 9.73 Å². The fourth-order valence-electron chi connectivity index (χ4n) is 2.35. The third-order valence-corrected chi connectivity index (χ3v) is 4.89. The number of nitro groups is 1. The standard InChI is InChI=1S/C16H16N4O3S/c1-10-8-13(10)15-19-14(9-17)16(23-15)18-6-7-24-12-4-2-11(3-5-12)20(21)22/h2-5,10,13,18H,6-8H2,1H3. The van der Waals surface area contributed by atoms with Crippen molar-refractivity contribution in [2.45, 2.75) is 24.2 Å². The molecule has 1 fully saturated rings. The third kappa shape index (κ3) is 3.68. The molecule has 0 aliphatic heterocycles. The molecule has 0 bridgehead atoms. The number of nitrogens with zero attached hydrogens (tertiary/aromatic N) is 3. The molecule has 124 valence electrons. The molecule has 2 aromatic rings. The van der Waals surface area contributed by atoms with Crippen LogP contribution in [0.2, 0.25) is 0 Å². The van der Waals surface area contributed by atoms with Crippen LogP contribution in [-0.4, -0.2) is 22.2 Å². The van der Waals surface area contributed by atoms with Crippen molar-refractivity contribution in [1.29, 1.82) is 5.26 Å². The van der Waals surface area contributed by atoms with Crippen LogP contribution in [-0.2, 0) is 0 Å². The van der Waals surface area contributed by atoms with Crippen molar-refractivity contribution in [2.75, 3.05) is 17.6 Å². The van der Waals surface area contributed by atoms with Crippen molar-refractivity contribution in [1.82, 2.24) is 4.98 Å². The second kappa shape index (κ2) is 6.93. The first-order chi connectivity index (χ1) is 11.6. The Morgan fingerprint density at radius 1 is 1.50 bits per heavy atom. The Kier molecular flexibility index (Phi) is 4.71. The van der Waals surface area contributed by atoms with E-state index in [0.717, 1.165) is 17.1 Å². The molecule has 2 atom stereocenters. The van der Waals surface area contributed by atoms with Gasteiger partial charge in [-0.3, -0.25) is 10.1 Å². The summed E-state index contributed by atoms with van der Waals surface area (Å²) in [6.07, 6.45) is 1.06. The van der Waals surface area contributed by atoms with Crippen LogP contribution in [0.1, 0.15) is 30.8 Å². The minimum atomic E-state index is -0.415. The molecule has 0 spiro atoms. The molecule has 24 heavy (non-hydrogen) atoms. The first kappa shape index (κ1) is 16.3. The van der Waals surface area contributed by atoms with Crippen molar-refractivity contribution in [3.8, 4) is 6.07 Å². The van der Waals surface area contributed by atoms with E-state index < -0.39 is 4.92 Å². The average molecular weight is 344 g/mol. The molecular weight excluding hydrogens is 328 g/mol. The summed E-state index contributed by atoms with van der Waals surface area (Å²) in [6.45, 7) is 2.74. The van der Waals surface area contributed by atoms with E-state index in [1.54, 1.807) is 23.9 Å². The maximum Gasteiger partial charge on any atom is 0.269 e. The quantitative estimate of drug-likeness (QED) is 0.352. The van der Waals surface area contributed by atoms with E-state index in [-0.39, 0.29) is 5.69 Å². The Morgan fingerprint density at radius 3 is 2.79 bits per heavy atom. The van der Waals surface area contributed by atoms with Crippen LogP contribution in [0.4, 0.5) is 11.6 Å². The SMILES string of the molecule is CC1CC1c1nc(C#N)c(NCCSc2ccc([N+](=O)[O-])cc2)o1. The smallest absolute Gasteiger partial charge is 0.269 e. The van der Waals surface area contributed by atoms with Crippen molar-refractivity contribution in [3.63, 3.8) is 0 Å². The van der Waals surface area contributed by atoms with E-state index in [4.69, 9.17) is 9.68 Å². The highest BCUT2D eigenvalue weighted by Crippen LogP contribution is 2.47. The second-order valence-corrected chi connectivity index (χ2v) is 6.86. The normalized spacial score (nSPS) is 18.8. The van der Waals surface area contributed by atoms with Gasteiger partial charge in [0.15, 0.2) is 0 Å². The van der Waals surface area contributed by atoms with Gasteiger partial charge >= 0.3 is 0 Å². The number of rotatable bonds is 7. The fourth-order valence-corrected chi connectivity index (χ4v) is 3.12. The number of hydrogen-bond acceptors (Lipinski definition) is 7. The van der Waals surface area contributed by atoms with Gasteiger partial charge in [-0.15, -0.1) is 11.8 Å². The lowest BCUT2D eigenvalue weighted by molar-refractivity contribution is -0.384. The fraction of sp³-hybridized carbons (Fsp3) is 0.375. The molecule has 0 saturated heterocycles. The highest BCUT2D eigenvalue weighted by atomic mass is 32.2. The molecule has 1 aromatic heterocycles. The average Bonchev–Trinajstić information content (AvgIpc) is 3.17. The zero-order valence-electron chi connectivity index (χ0n) is 13.1. The van der Waals surface area contributed by atoms with Crippen LogP contribution in [0.3, 0.4) is 0 Å². The predicted octanol–water partition coefficient (Wildman–Crippen LogP) is 3.78. The maximum absolute atomic E-state index is 10.6. The molecule has 3 rings (SSSR count). The van der Waals surface area contributed by atoms with E-state index >= 15 is 0 Å². The maximum atomic E-state index is 10.6. The number of non-ortho nitro benzene ring substituents is 1. The van der Waals surface area contributed by atoms with Gasteiger partial charge in [0.25, 0.3) is 5.69 Å². The summed E-state index contributed by atoms with van der Waals surface area (Å²) >= 11 is 1.57. The van der Waals surface area contributed by atoms with Gasteiger partial charge in [0.1, 0.15) is 6.07 Å². The molecule has 0 radical (unpaired) electrons. The van der Waals surface area contributed by atoms with Gasteiger partial charge in [0.05, 0.1) is 4.92 Å². The molecule has 1 heterocycles. The highest BCUT2D eigenvalue weighted by molar-refractivity contribution is 7.99. The number of nitrogens with one attached hydrogen (secondary N) is 1. The third-order valence-electron chi connectivity index (χ3n) is 3.88. The minimum Gasteiger partial charge on any atom is -0.424 e. The van der Waals surface area contributed by atoms with Crippen molar-refractivity contribution >= 4 is 23.3 Å². The molecule has 1 aliphatic carbocycles. The summed E-state index contributed by atoms with van der Waals surface area (Å²) in [5.41, 5.74) is 0.379. The van der Waals surface area contributed by atoms with Gasteiger partial charge in [0.2, 0.25) is 17.5 Å². The first-order valence-electron chi connectivity index (χ1n) is 7.60. The van der Waals surface area contributed by atoms with Crippen LogP contribution < -0.4 is 5.32 Å². The highest BCUT2D eigenvalue weighted by Gasteiger charge is 2.39. The lowest BCUT2D eigenvalue weighted by atomic mass is 10.3. The van der Waals surface area contributed by atoms with Gasteiger partial charge in [-0.05, 0) is 24.5 Å². The van der Waals surface area contributed by atoms with Crippen molar-refractivity contribution in [2.24, 2.45) is 5.92 Å². The summed E-state index contributed by atoms with van der Waals surface area (Å²) in [5.74, 6) is 2.71. The minimum absolute atomic E-state index is 0.0830. The molecular formula is C16H16N4O3S. The number of oxazole rings is 1. The molecule has 1 saturated carbocycles. The number of anilines is 1. The summed E-state index contributed by atoms with van der Waals surface area (Å²) in [5, 5.41) is 22.8. The summed E-state index contributed by atoms with van der Waals surface area (Å²) in [6, 6.07) is 8.48. The van der Waals surface area contributed by atoms with Crippen LogP contribution >= 0.6 is 11.8 Å². The Hall–Kier alpha value is -2.53. The zero-order valence-corrected chi connectivity index (χ0v) is 13.9. The molecule has 0 amide bonds. The number of nitriles is 1. The van der Waals surface area contributed by atoms with E-state index in [1.165, 1.54) is 12.1 Å². The number of aromatic nitrogens is 1. The lowest BCUT2D eigenvalue weighted by Crippen LogP contribution is -2.04. The van der Waals surface area contributed by atoms with E-state index in [1.807, 2.05) is 0 Å². The second-order valence-electron chi connectivity index (χ2n) is 5.69. The van der Waals surface area contributed by atoms with Gasteiger partial charge in [-0.1, -0.05) is 6.92 Å².